The highest BCUT2D eigenvalue weighted by Gasteiger charge is 2.24. The average Bonchev–Trinajstić information content (AvgIpc) is 1.21. The first kappa shape index (κ1) is 8.07. The molecule has 1 N–H and O–H groups in total. The molecule has 0 aliphatic heterocycles. The summed E-state index contributed by atoms with van der Waals surface area (Å²) in [5.74, 6) is 0. The Morgan fingerprint density at radius 2 is 2.12 bits per heavy atom. The predicted molar refractivity (Wildman–Crippen MR) is 24.8 cm³/mol. The smallest absolute Gasteiger partial charge is 0.325 e. The van der Waals surface area contributed by atoms with Crippen molar-refractivity contribution in [1.82, 2.24) is 0 Å². The van der Waals surface area contributed by atoms with Crippen LogP contribution in [0.2, 0.25) is 0 Å². The molecule has 0 radical (unpaired) electrons. The van der Waals surface area contributed by atoms with Gasteiger partial charge in [0.25, 0.3) is 0 Å². The SMILES string of the molecule is CP(=O)(O)OB(F)F. The number of rotatable bonds is 2. The quantitative estimate of drug-likeness (QED) is 0.459. The molecule has 0 bridgehead atoms. The zero-order chi connectivity index (χ0) is 6.78. The second-order valence-corrected chi connectivity index (χ2v) is 2.99. The lowest BCUT2D eigenvalue weighted by molar-refractivity contribution is 0.347. The minimum absolute atomic E-state index is 0.694. The molecule has 0 saturated heterocycles. The number of hydrogen-bond acceptors (Lipinski definition) is 2. The van der Waals surface area contributed by atoms with Crippen molar-refractivity contribution < 1.29 is 22.5 Å². The van der Waals surface area contributed by atoms with E-state index in [0.717, 1.165) is 0 Å². The van der Waals surface area contributed by atoms with E-state index in [1.54, 1.807) is 0 Å². The van der Waals surface area contributed by atoms with Crippen LogP contribution in [0.1, 0.15) is 0 Å². The van der Waals surface area contributed by atoms with Gasteiger partial charge in [0.05, 0.1) is 0 Å². The fourth-order valence-corrected chi connectivity index (χ4v) is 0.444. The molecule has 48 valence electrons. The summed E-state index contributed by atoms with van der Waals surface area (Å²) < 4.78 is 35.0. The summed E-state index contributed by atoms with van der Waals surface area (Å²) in [7, 11) is -7.14. The molecule has 0 aliphatic carbocycles. The van der Waals surface area contributed by atoms with Crippen molar-refractivity contribution in [1.29, 1.82) is 0 Å². The standard InChI is InChI=1S/CH4BF2O3P/c1-8(5,6)7-2(3)4/h1H3,(H,5,6). The molecule has 0 saturated carbocycles. The highest BCUT2D eigenvalue weighted by molar-refractivity contribution is 7.53. The van der Waals surface area contributed by atoms with Gasteiger partial charge in [0.15, 0.2) is 0 Å². The summed E-state index contributed by atoms with van der Waals surface area (Å²) >= 11 is 0. The number of halogens is 2. The van der Waals surface area contributed by atoms with Gasteiger partial charge in [-0.15, -0.1) is 0 Å². The zero-order valence-corrected chi connectivity index (χ0v) is 4.94. The molecule has 0 spiro atoms. The Labute approximate surface area is 45.4 Å². The van der Waals surface area contributed by atoms with Crippen LogP contribution >= 0.6 is 7.60 Å². The van der Waals surface area contributed by atoms with Gasteiger partial charge in [-0.25, -0.2) is 0 Å². The third kappa shape index (κ3) is 6.07. The largest absolute Gasteiger partial charge is 0.728 e. The maximum absolute atomic E-state index is 11.0. The van der Waals surface area contributed by atoms with Gasteiger partial charge in [-0.3, -0.25) is 13.2 Å². The fourth-order valence-electron chi connectivity index (χ4n) is 0.148. The predicted octanol–water partition coefficient (Wildman–Crippen LogP) is 0.742. The average molecular weight is 144 g/mol. The first-order valence-corrected chi connectivity index (χ1v) is 3.71. The monoisotopic (exact) mass is 144 g/mol. The summed E-state index contributed by atoms with van der Waals surface area (Å²) in [6, 6.07) is 0. The van der Waals surface area contributed by atoms with Crippen molar-refractivity contribution in [2.45, 2.75) is 0 Å². The van der Waals surface area contributed by atoms with Gasteiger partial charge in [-0.1, -0.05) is 0 Å². The number of hydrogen-bond donors (Lipinski definition) is 1. The molecule has 7 heteroatoms. The highest BCUT2D eigenvalue weighted by atomic mass is 31.2. The molecule has 0 amide bonds. The molecule has 1 atom stereocenters. The minimum atomic E-state index is -3.97. The van der Waals surface area contributed by atoms with Gasteiger partial charge >= 0.3 is 15.1 Å². The van der Waals surface area contributed by atoms with Crippen LogP contribution < -0.4 is 0 Å². The van der Waals surface area contributed by atoms with Crippen molar-refractivity contribution in [3.8, 4) is 0 Å². The molecule has 3 nitrogen and oxygen atoms in total. The first-order chi connectivity index (χ1) is 3.42. The molecule has 0 fully saturated rings. The Morgan fingerprint density at radius 1 is 1.75 bits per heavy atom. The molecular formula is CH4BF2O3P. The van der Waals surface area contributed by atoms with Crippen molar-refractivity contribution in [3.63, 3.8) is 0 Å². The molecule has 8 heavy (non-hydrogen) atoms. The lowest BCUT2D eigenvalue weighted by Gasteiger charge is -2.00. The van der Waals surface area contributed by atoms with Crippen molar-refractivity contribution in [2.75, 3.05) is 6.66 Å². The summed E-state index contributed by atoms with van der Waals surface area (Å²) in [6.45, 7) is 0.694. The van der Waals surface area contributed by atoms with Crippen LogP contribution in [0, 0.1) is 0 Å². The summed E-state index contributed by atoms with van der Waals surface area (Å²) in [5, 5.41) is 0. The maximum atomic E-state index is 11.0. The second kappa shape index (κ2) is 2.57. The zero-order valence-electron chi connectivity index (χ0n) is 4.04. The first-order valence-electron chi connectivity index (χ1n) is 1.68. The van der Waals surface area contributed by atoms with E-state index in [1.165, 1.54) is 0 Å². The van der Waals surface area contributed by atoms with E-state index in [1.807, 2.05) is 0 Å². The van der Waals surface area contributed by atoms with Crippen LogP contribution in [-0.4, -0.2) is 19.0 Å². The molecule has 0 aromatic heterocycles. The van der Waals surface area contributed by atoms with Gasteiger partial charge in [-0.2, -0.15) is 0 Å². The van der Waals surface area contributed by atoms with Gasteiger partial charge < -0.3 is 9.33 Å². The van der Waals surface area contributed by atoms with Crippen LogP contribution in [-0.2, 0) is 9.01 Å². The van der Waals surface area contributed by atoms with E-state index in [4.69, 9.17) is 4.89 Å². The van der Waals surface area contributed by atoms with Gasteiger partial charge in [-0.05, 0) is 0 Å². The Balaban J connectivity index is 3.56. The Hall–Kier alpha value is 0.0749. The van der Waals surface area contributed by atoms with E-state index in [-0.39, 0.29) is 0 Å². The molecule has 0 aliphatic rings. The van der Waals surface area contributed by atoms with Crippen LogP contribution in [0.4, 0.5) is 8.63 Å². The highest BCUT2D eigenvalue weighted by Crippen LogP contribution is 2.37. The third-order valence-electron chi connectivity index (χ3n) is 0.275. The van der Waals surface area contributed by atoms with Crippen molar-refractivity contribution in [2.24, 2.45) is 0 Å². The van der Waals surface area contributed by atoms with E-state index in [0.29, 0.717) is 6.66 Å². The topological polar surface area (TPSA) is 46.5 Å². The van der Waals surface area contributed by atoms with Crippen LogP contribution in [0.3, 0.4) is 0 Å². The molecule has 0 rings (SSSR count). The van der Waals surface area contributed by atoms with Gasteiger partial charge in [0, 0.05) is 6.66 Å². The van der Waals surface area contributed by atoms with Gasteiger partial charge in [0.2, 0.25) is 0 Å². The lowest BCUT2D eigenvalue weighted by Crippen LogP contribution is -2.00. The van der Waals surface area contributed by atoms with E-state index >= 15 is 0 Å². The lowest BCUT2D eigenvalue weighted by atomic mass is 10.4. The summed E-state index contributed by atoms with van der Waals surface area (Å²) in [5.41, 5.74) is 0. The third-order valence-corrected chi connectivity index (χ3v) is 0.826. The van der Waals surface area contributed by atoms with Crippen molar-refractivity contribution >= 4 is 15.1 Å². The Bertz CT molecular complexity index is 110. The Morgan fingerprint density at radius 3 is 2.12 bits per heavy atom. The maximum Gasteiger partial charge on any atom is 0.728 e. The van der Waals surface area contributed by atoms with Crippen molar-refractivity contribution in [3.05, 3.63) is 0 Å². The molecule has 0 aromatic carbocycles. The molecular weight excluding hydrogens is 140 g/mol. The minimum Gasteiger partial charge on any atom is -0.325 e. The summed E-state index contributed by atoms with van der Waals surface area (Å²) in [4.78, 5) is 8.04. The van der Waals surface area contributed by atoms with Crippen LogP contribution in [0.15, 0.2) is 0 Å². The fraction of sp³-hybridized carbons (Fsp3) is 1.00. The summed E-state index contributed by atoms with van der Waals surface area (Å²) in [6.07, 6.45) is 0. The molecule has 0 aromatic rings. The van der Waals surface area contributed by atoms with E-state index in [2.05, 4.69) is 4.44 Å². The molecule has 1 unspecified atom stereocenters. The van der Waals surface area contributed by atoms with Crippen LogP contribution in [0.5, 0.6) is 0 Å². The molecule has 0 heterocycles. The normalized spacial score (nSPS) is 17.5. The van der Waals surface area contributed by atoms with Crippen LogP contribution in [0.25, 0.3) is 0 Å². The van der Waals surface area contributed by atoms with E-state index in [9.17, 15) is 13.2 Å². The second-order valence-electron chi connectivity index (χ2n) is 1.17. The van der Waals surface area contributed by atoms with E-state index < -0.39 is 15.1 Å². The van der Waals surface area contributed by atoms with Gasteiger partial charge in [0.1, 0.15) is 0 Å². The Kier molecular flexibility index (Phi) is 2.60.